The maximum atomic E-state index is 5.95. The molecule has 1 aliphatic heterocycles. The highest BCUT2D eigenvalue weighted by Gasteiger charge is 2.19. The van der Waals surface area contributed by atoms with Gasteiger partial charge in [0, 0.05) is 41.7 Å². The predicted octanol–water partition coefficient (Wildman–Crippen LogP) is 2.95. The maximum Gasteiger partial charge on any atom is 0.0758 e. The number of aromatic nitrogens is 1. The van der Waals surface area contributed by atoms with E-state index >= 15 is 0 Å². The second-order valence-corrected chi connectivity index (χ2v) is 5.74. The first kappa shape index (κ1) is 14.7. The van der Waals surface area contributed by atoms with Crippen molar-refractivity contribution in [1.29, 1.82) is 0 Å². The Hall–Kier alpha value is -0.680. The number of halogens is 2. The summed E-state index contributed by atoms with van der Waals surface area (Å²) in [6.45, 7) is 3.02. The van der Waals surface area contributed by atoms with Crippen molar-refractivity contribution < 1.29 is 0 Å². The number of nitrogens with two attached hydrogens (primary N) is 1. The van der Waals surface area contributed by atoms with Gasteiger partial charge in [0.15, 0.2) is 0 Å². The Balaban J connectivity index is 0.00000133. The quantitative estimate of drug-likeness (QED) is 0.912. The standard InChI is InChI=1S/C14H16BrN3.ClH/c15-13-4-3-10(8-18-7-5-11(16)9-18)14-12(13)2-1-6-17-14;/h1-4,6,11H,5,7-9,16H2;1H. The normalized spacial score (nSPS) is 19.6. The van der Waals surface area contributed by atoms with Gasteiger partial charge < -0.3 is 5.73 Å². The number of hydrogen-bond acceptors (Lipinski definition) is 3. The van der Waals surface area contributed by atoms with E-state index in [-0.39, 0.29) is 12.4 Å². The van der Waals surface area contributed by atoms with E-state index in [1.807, 2.05) is 12.3 Å². The fourth-order valence-corrected chi connectivity index (χ4v) is 3.02. The van der Waals surface area contributed by atoms with E-state index in [4.69, 9.17) is 5.73 Å². The maximum absolute atomic E-state index is 5.95. The van der Waals surface area contributed by atoms with Crippen LogP contribution in [0.5, 0.6) is 0 Å². The molecule has 0 bridgehead atoms. The molecule has 3 rings (SSSR count). The van der Waals surface area contributed by atoms with E-state index in [0.29, 0.717) is 6.04 Å². The zero-order chi connectivity index (χ0) is 12.5. The molecule has 0 saturated carbocycles. The van der Waals surface area contributed by atoms with Crippen molar-refractivity contribution in [2.75, 3.05) is 13.1 Å². The van der Waals surface area contributed by atoms with Crippen LogP contribution in [0, 0.1) is 0 Å². The van der Waals surface area contributed by atoms with E-state index < -0.39 is 0 Å². The van der Waals surface area contributed by atoms with Crippen LogP contribution in [-0.2, 0) is 6.54 Å². The van der Waals surface area contributed by atoms with Crippen molar-refractivity contribution in [3.8, 4) is 0 Å². The Bertz CT molecular complexity index is 576. The molecule has 5 heteroatoms. The van der Waals surface area contributed by atoms with Crippen LogP contribution in [0.1, 0.15) is 12.0 Å². The zero-order valence-electron chi connectivity index (χ0n) is 10.6. The number of likely N-dealkylation sites (tertiary alicyclic amines) is 1. The molecular weight excluding hydrogens is 326 g/mol. The van der Waals surface area contributed by atoms with Gasteiger partial charge in [-0.15, -0.1) is 12.4 Å². The molecule has 0 amide bonds. The molecule has 1 aromatic carbocycles. The van der Waals surface area contributed by atoms with Crippen LogP contribution in [0.25, 0.3) is 10.9 Å². The van der Waals surface area contributed by atoms with Crippen LogP contribution in [0.4, 0.5) is 0 Å². The second kappa shape index (κ2) is 6.18. The first-order valence-corrected chi connectivity index (χ1v) is 7.03. The molecule has 102 valence electrons. The third-order valence-corrected chi connectivity index (χ3v) is 4.19. The number of fused-ring (bicyclic) bond motifs is 1. The first-order valence-electron chi connectivity index (χ1n) is 6.24. The molecule has 1 fully saturated rings. The average molecular weight is 343 g/mol. The first-order chi connectivity index (χ1) is 8.74. The third-order valence-electron chi connectivity index (χ3n) is 3.50. The summed E-state index contributed by atoms with van der Waals surface area (Å²) in [4.78, 5) is 6.92. The molecule has 0 radical (unpaired) electrons. The zero-order valence-corrected chi connectivity index (χ0v) is 13.0. The topological polar surface area (TPSA) is 42.1 Å². The van der Waals surface area contributed by atoms with Crippen molar-refractivity contribution in [2.45, 2.75) is 19.0 Å². The van der Waals surface area contributed by atoms with Crippen LogP contribution < -0.4 is 5.73 Å². The minimum Gasteiger partial charge on any atom is -0.326 e. The predicted molar refractivity (Wildman–Crippen MR) is 84.6 cm³/mol. The molecule has 1 saturated heterocycles. The Morgan fingerprint density at radius 1 is 1.37 bits per heavy atom. The van der Waals surface area contributed by atoms with Crippen molar-refractivity contribution in [2.24, 2.45) is 5.73 Å². The lowest BCUT2D eigenvalue weighted by Crippen LogP contribution is -2.26. The fraction of sp³-hybridized carbons (Fsp3) is 0.357. The van der Waals surface area contributed by atoms with E-state index in [1.54, 1.807) is 0 Å². The van der Waals surface area contributed by atoms with Gasteiger partial charge in [-0.1, -0.05) is 28.1 Å². The van der Waals surface area contributed by atoms with Gasteiger partial charge in [-0.2, -0.15) is 0 Å². The van der Waals surface area contributed by atoms with Gasteiger partial charge in [0.05, 0.1) is 5.52 Å². The van der Waals surface area contributed by atoms with E-state index in [9.17, 15) is 0 Å². The van der Waals surface area contributed by atoms with Crippen molar-refractivity contribution >= 4 is 39.2 Å². The van der Waals surface area contributed by atoms with Gasteiger partial charge in [-0.05, 0) is 24.1 Å². The van der Waals surface area contributed by atoms with Gasteiger partial charge in [-0.3, -0.25) is 9.88 Å². The summed E-state index contributed by atoms with van der Waals surface area (Å²) in [6.07, 6.45) is 2.95. The van der Waals surface area contributed by atoms with Crippen LogP contribution in [-0.4, -0.2) is 29.0 Å². The van der Waals surface area contributed by atoms with Crippen LogP contribution >= 0.6 is 28.3 Å². The molecule has 2 N–H and O–H groups in total. The minimum atomic E-state index is 0. The molecule has 19 heavy (non-hydrogen) atoms. The average Bonchev–Trinajstić information content (AvgIpc) is 2.79. The van der Waals surface area contributed by atoms with Crippen molar-refractivity contribution in [3.63, 3.8) is 0 Å². The van der Waals surface area contributed by atoms with E-state index in [1.165, 1.54) is 10.9 Å². The number of rotatable bonds is 2. The molecule has 3 nitrogen and oxygen atoms in total. The highest BCUT2D eigenvalue weighted by atomic mass is 79.9. The highest BCUT2D eigenvalue weighted by molar-refractivity contribution is 9.10. The summed E-state index contributed by atoms with van der Waals surface area (Å²) in [6, 6.07) is 8.67. The van der Waals surface area contributed by atoms with Gasteiger partial charge in [0.1, 0.15) is 0 Å². The van der Waals surface area contributed by atoms with Gasteiger partial charge in [-0.25, -0.2) is 0 Å². The summed E-state index contributed by atoms with van der Waals surface area (Å²) in [5, 5.41) is 1.18. The van der Waals surface area contributed by atoms with Crippen LogP contribution in [0.15, 0.2) is 34.9 Å². The Labute approximate surface area is 127 Å². The van der Waals surface area contributed by atoms with Crippen molar-refractivity contribution in [3.05, 3.63) is 40.5 Å². The van der Waals surface area contributed by atoms with E-state index in [0.717, 1.165) is 36.0 Å². The molecule has 1 aromatic heterocycles. The molecule has 2 aromatic rings. The molecular formula is C14H17BrClN3. The lowest BCUT2D eigenvalue weighted by Gasteiger charge is -2.16. The SMILES string of the molecule is Cl.NC1CCN(Cc2ccc(Br)c3cccnc23)C1. The van der Waals surface area contributed by atoms with Crippen LogP contribution in [0.3, 0.4) is 0 Å². The molecule has 2 heterocycles. The minimum absolute atomic E-state index is 0. The Kier molecular flexibility index (Phi) is 4.79. The second-order valence-electron chi connectivity index (χ2n) is 4.89. The highest BCUT2D eigenvalue weighted by Crippen LogP contribution is 2.26. The van der Waals surface area contributed by atoms with Gasteiger partial charge in [0.2, 0.25) is 0 Å². The molecule has 1 unspecified atom stereocenters. The largest absolute Gasteiger partial charge is 0.326 e. The molecule has 1 atom stereocenters. The number of hydrogen-bond donors (Lipinski definition) is 1. The lowest BCUT2D eigenvalue weighted by atomic mass is 10.1. The number of nitrogens with zero attached hydrogens (tertiary/aromatic N) is 2. The van der Waals surface area contributed by atoms with Crippen LogP contribution in [0.2, 0.25) is 0 Å². The molecule has 0 aliphatic carbocycles. The monoisotopic (exact) mass is 341 g/mol. The summed E-state index contributed by atoms with van der Waals surface area (Å²) < 4.78 is 1.10. The lowest BCUT2D eigenvalue weighted by molar-refractivity contribution is 0.328. The molecule has 0 spiro atoms. The Morgan fingerprint density at radius 3 is 2.95 bits per heavy atom. The summed E-state index contributed by atoms with van der Waals surface area (Å²) >= 11 is 3.58. The summed E-state index contributed by atoms with van der Waals surface area (Å²) in [7, 11) is 0. The fourth-order valence-electron chi connectivity index (χ4n) is 2.57. The van der Waals surface area contributed by atoms with Gasteiger partial charge in [0.25, 0.3) is 0 Å². The van der Waals surface area contributed by atoms with Crippen molar-refractivity contribution in [1.82, 2.24) is 9.88 Å². The smallest absolute Gasteiger partial charge is 0.0758 e. The number of benzene rings is 1. The summed E-state index contributed by atoms with van der Waals surface area (Å²) in [5.41, 5.74) is 8.32. The third kappa shape index (κ3) is 3.08. The van der Waals surface area contributed by atoms with E-state index in [2.05, 4.69) is 44.0 Å². The number of pyridine rings is 1. The van der Waals surface area contributed by atoms with Gasteiger partial charge >= 0.3 is 0 Å². The Morgan fingerprint density at radius 2 is 2.21 bits per heavy atom. The summed E-state index contributed by atoms with van der Waals surface area (Å²) in [5.74, 6) is 0. The molecule has 1 aliphatic rings.